The molecule has 0 radical (unpaired) electrons. The summed E-state index contributed by atoms with van der Waals surface area (Å²) in [5, 5.41) is 0. The first-order valence-corrected chi connectivity index (χ1v) is 10.4. The van der Waals surface area contributed by atoms with Crippen molar-refractivity contribution in [2.24, 2.45) is 0 Å². The Kier molecular flexibility index (Phi) is 5.78. The van der Waals surface area contributed by atoms with E-state index in [0.29, 0.717) is 18.6 Å². The Bertz CT molecular complexity index is 759. The number of rotatable bonds is 2. The monoisotopic (exact) mass is 405 g/mol. The van der Waals surface area contributed by atoms with E-state index in [1.807, 2.05) is 54.5 Å². The summed E-state index contributed by atoms with van der Waals surface area (Å²) in [6.07, 6.45) is 1.43. The van der Waals surface area contributed by atoms with Crippen LogP contribution in [0.5, 0.6) is 0 Å². The second kappa shape index (κ2) is 7.58. The highest BCUT2D eigenvalue weighted by Gasteiger charge is 2.51. The number of carbonyl (C=O) groups is 1. The van der Waals surface area contributed by atoms with Crippen molar-refractivity contribution in [3.05, 3.63) is 29.6 Å². The number of carbonyl (C=O) groups excluding carboxylic acids is 1. The van der Waals surface area contributed by atoms with Crippen LogP contribution in [0.15, 0.2) is 18.2 Å². The molecular weight excluding hydrogens is 372 g/mol. The van der Waals surface area contributed by atoms with E-state index in [2.05, 4.69) is 0 Å². The van der Waals surface area contributed by atoms with Crippen LogP contribution in [0, 0.1) is 5.82 Å². The second-order valence-corrected chi connectivity index (χ2v) is 10.2. The fourth-order valence-electron chi connectivity index (χ4n) is 3.73. The molecule has 2 fully saturated rings. The second-order valence-electron chi connectivity index (χ2n) is 10.2. The van der Waals surface area contributed by atoms with E-state index in [9.17, 15) is 9.18 Å². The van der Waals surface area contributed by atoms with Gasteiger partial charge in [0, 0.05) is 19.0 Å². The van der Waals surface area contributed by atoms with E-state index >= 15 is 0 Å². The number of piperidine rings is 1. The van der Waals surface area contributed by atoms with Gasteiger partial charge in [-0.05, 0) is 84.5 Å². The molecule has 0 bridgehead atoms. The highest BCUT2D eigenvalue weighted by Crippen LogP contribution is 2.37. The fourth-order valence-corrected chi connectivity index (χ4v) is 3.73. The maximum atomic E-state index is 14.5. The first kappa shape index (κ1) is 22.1. The molecule has 160 valence electrons. The Morgan fingerprint density at radius 3 is 2.38 bits per heavy atom. The number of hydrogen-bond donors (Lipinski definition) is 0. The lowest BCUT2D eigenvalue weighted by molar-refractivity contribution is 0.00578. The number of nitrogens with zero attached hydrogens (tertiary/aromatic N) is 1. The third kappa shape index (κ3) is 4.94. The normalized spacial score (nSPS) is 23.9. The minimum absolute atomic E-state index is 0.0492. The zero-order valence-corrected chi connectivity index (χ0v) is 18.7. The Hall–Kier alpha value is -1.60. The van der Waals surface area contributed by atoms with Crippen molar-refractivity contribution in [1.82, 2.24) is 4.90 Å². The molecular formula is C22H33BFNO4. The molecule has 0 aromatic heterocycles. The lowest BCUT2D eigenvalue weighted by Gasteiger charge is -2.34. The first-order valence-electron chi connectivity index (χ1n) is 10.4. The molecule has 2 aliphatic rings. The van der Waals surface area contributed by atoms with E-state index < -0.39 is 23.9 Å². The smallest absolute Gasteiger partial charge is 0.444 e. The van der Waals surface area contributed by atoms with Crippen LogP contribution in [0.1, 0.15) is 72.8 Å². The van der Waals surface area contributed by atoms with Crippen LogP contribution < -0.4 is 5.46 Å². The Labute approximate surface area is 174 Å². The molecule has 5 nitrogen and oxygen atoms in total. The Balaban J connectivity index is 1.79. The van der Waals surface area contributed by atoms with Gasteiger partial charge in [-0.15, -0.1) is 0 Å². The summed E-state index contributed by atoms with van der Waals surface area (Å²) in [6.45, 7) is 14.7. The van der Waals surface area contributed by atoms with Gasteiger partial charge in [0.05, 0.1) is 11.2 Å². The van der Waals surface area contributed by atoms with Gasteiger partial charge in [-0.2, -0.15) is 0 Å². The lowest BCUT2D eigenvalue weighted by atomic mass is 9.76. The molecule has 1 aromatic rings. The van der Waals surface area contributed by atoms with E-state index in [1.54, 1.807) is 11.0 Å². The van der Waals surface area contributed by atoms with Crippen LogP contribution in [-0.2, 0) is 14.0 Å². The van der Waals surface area contributed by atoms with Crippen molar-refractivity contribution in [2.75, 3.05) is 13.1 Å². The molecule has 0 aliphatic carbocycles. The summed E-state index contributed by atoms with van der Waals surface area (Å²) in [7, 11) is -0.611. The van der Waals surface area contributed by atoms with E-state index in [-0.39, 0.29) is 17.8 Å². The molecule has 7 heteroatoms. The van der Waals surface area contributed by atoms with Gasteiger partial charge in [-0.3, -0.25) is 0 Å². The van der Waals surface area contributed by atoms with Crippen LogP contribution in [0.2, 0.25) is 0 Å². The van der Waals surface area contributed by atoms with E-state index in [0.717, 1.165) is 18.4 Å². The molecule has 2 heterocycles. The van der Waals surface area contributed by atoms with Gasteiger partial charge < -0.3 is 18.9 Å². The number of likely N-dealkylation sites (tertiary alicyclic amines) is 1. The molecule has 1 aromatic carbocycles. The van der Waals surface area contributed by atoms with Crippen molar-refractivity contribution in [3.63, 3.8) is 0 Å². The Morgan fingerprint density at radius 1 is 1.17 bits per heavy atom. The van der Waals surface area contributed by atoms with Gasteiger partial charge in [0.15, 0.2) is 0 Å². The minimum atomic E-state index is -0.611. The summed E-state index contributed by atoms with van der Waals surface area (Å²) >= 11 is 0. The third-order valence-electron chi connectivity index (χ3n) is 6.01. The van der Waals surface area contributed by atoms with Gasteiger partial charge >= 0.3 is 13.2 Å². The zero-order chi connectivity index (χ0) is 21.6. The van der Waals surface area contributed by atoms with Crippen LogP contribution in [0.4, 0.5) is 9.18 Å². The summed E-state index contributed by atoms with van der Waals surface area (Å²) in [5.41, 5.74) is 0.0358. The van der Waals surface area contributed by atoms with Gasteiger partial charge in [0.2, 0.25) is 0 Å². The molecule has 1 atom stereocenters. The average Bonchev–Trinajstić information content (AvgIpc) is 2.81. The van der Waals surface area contributed by atoms with Crippen molar-refractivity contribution in [3.8, 4) is 0 Å². The van der Waals surface area contributed by atoms with Gasteiger partial charge in [-0.25, -0.2) is 9.18 Å². The maximum absolute atomic E-state index is 14.5. The highest BCUT2D eigenvalue weighted by atomic mass is 19.1. The lowest BCUT2D eigenvalue weighted by Crippen LogP contribution is -2.42. The molecule has 0 saturated carbocycles. The third-order valence-corrected chi connectivity index (χ3v) is 6.01. The van der Waals surface area contributed by atoms with Crippen LogP contribution in [0.3, 0.4) is 0 Å². The van der Waals surface area contributed by atoms with Gasteiger partial charge in [0.25, 0.3) is 0 Å². The van der Waals surface area contributed by atoms with E-state index in [4.69, 9.17) is 14.0 Å². The predicted octanol–water partition coefficient (Wildman–Crippen LogP) is 4.24. The number of hydrogen-bond acceptors (Lipinski definition) is 4. The molecule has 2 aliphatic heterocycles. The van der Waals surface area contributed by atoms with Crippen molar-refractivity contribution in [2.45, 2.75) is 84.0 Å². The molecule has 2 saturated heterocycles. The number of benzene rings is 1. The van der Waals surface area contributed by atoms with Crippen LogP contribution in [-0.4, -0.2) is 48.0 Å². The van der Waals surface area contributed by atoms with Crippen LogP contribution >= 0.6 is 0 Å². The topological polar surface area (TPSA) is 48.0 Å². The quantitative estimate of drug-likeness (QED) is 0.691. The van der Waals surface area contributed by atoms with Gasteiger partial charge in [-0.1, -0.05) is 6.07 Å². The standard InChI is InChI=1S/C22H33BFNO4/c1-20(2,3)27-19(26)25-10-8-9-15(14-25)16-11-17(13-18(24)12-16)23-28-21(4,5)22(6,7)29-23/h11-13,15H,8-10,14H2,1-7H3. The average molecular weight is 405 g/mol. The largest absolute Gasteiger partial charge is 0.494 e. The molecule has 0 N–H and O–H groups in total. The minimum Gasteiger partial charge on any atom is -0.444 e. The SMILES string of the molecule is CC(C)(C)OC(=O)N1CCCC(c2cc(F)cc(B3OC(C)(C)C(C)(C)O3)c2)C1. The molecule has 3 rings (SSSR count). The first-order chi connectivity index (χ1) is 13.3. The maximum Gasteiger partial charge on any atom is 0.494 e. The summed E-state index contributed by atoms with van der Waals surface area (Å²) in [5.74, 6) is -0.269. The number of halogens is 1. The molecule has 1 amide bonds. The number of amides is 1. The van der Waals surface area contributed by atoms with Gasteiger partial charge in [0.1, 0.15) is 11.4 Å². The molecule has 29 heavy (non-hydrogen) atoms. The van der Waals surface area contributed by atoms with Crippen LogP contribution in [0.25, 0.3) is 0 Å². The highest BCUT2D eigenvalue weighted by molar-refractivity contribution is 6.62. The summed E-state index contributed by atoms with van der Waals surface area (Å²) in [6, 6.07) is 4.98. The summed E-state index contributed by atoms with van der Waals surface area (Å²) < 4.78 is 32.2. The van der Waals surface area contributed by atoms with Crippen molar-refractivity contribution >= 4 is 18.7 Å². The fraction of sp³-hybridized carbons (Fsp3) is 0.682. The predicted molar refractivity (Wildman–Crippen MR) is 112 cm³/mol. The summed E-state index contributed by atoms with van der Waals surface area (Å²) in [4.78, 5) is 14.2. The molecule has 0 spiro atoms. The molecule has 1 unspecified atom stereocenters. The van der Waals surface area contributed by atoms with Crippen molar-refractivity contribution in [1.29, 1.82) is 0 Å². The van der Waals surface area contributed by atoms with E-state index in [1.165, 1.54) is 6.07 Å². The van der Waals surface area contributed by atoms with Crippen molar-refractivity contribution < 1.29 is 23.2 Å². The zero-order valence-electron chi connectivity index (χ0n) is 18.7. The number of ether oxygens (including phenoxy) is 1. The Morgan fingerprint density at radius 2 is 1.79 bits per heavy atom.